The monoisotopic (exact) mass is 375 g/mol. The maximum absolute atomic E-state index is 13.8. The van der Waals surface area contributed by atoms with Gasteiger partial charge in [0.2, 0.25) is 0 Å². The van der Waals surface area contributed by atoms with Crippen LogP contribution in [0.1, 0.15) is 11.1 Å². The molecule has 0 unspecified atom stereocenters. The zero-order valence-corrected chi connectivity index (χ0v) is 16.1. The first-order chi connectivity index (χ1) is 13.0. The van der Waals surface area contributed by atoms with Crippen LogP contribution in [0.25, 0.3) is 0 Å². The topological polar surface area (TPSA) is 66.3 Å². The van der Waals surface area contributed by atoms with Crippen LogP contribution in [0.2, 0.25) is 0 Å². The maximum atomic E-state index is 13.8. The fraction of sp³-hybridized carbons (Fsp3) is 0.350. The number of benzene rings is 2. The Labute approximate surface area is 159 Å². The lowest BCUT2D eigenvalue weighted by Gasteiger charge is -2.22. The van der Waals surface area contributed by atoms with Crippen LogP contribution in [0, 0.1) is 5.82 Å². The smallest absolute Gasteiger partial charge is 0.193 e. The summed E-state index contributed by atoms with van der Waals surface area (Å²) in [5, 5.41) is 13.3. The molecule has 27 heavy (non-hydrogen) atoms. The van der Waals surface area contributed by atoms with Gasteiger partial charge in [-0.15, -0.1) is 0 Å². The van der Waals surface area contributed by atoms with Crippen LogP contribution < -0.4 is 14.8 Å². The average molecular weight is 375 g/mol. The first-order valence-corrected chi connectivity index (χ1v) is 8.58. The summed E-state index contributed by atoms with van der Waals surface area (Å²) in [6.07, 6.45) is 0.625. The van der Waals surface area contributed by atoms with Crippen molar-refractivity contribution in [3.63, 3.8) is 0 Å². The van der Waals surface area contributed by atoms with E-state index >= 15 is 0 Å². The van der Waals surface area contributed by atoms with Crippen molar-refractivity contribution in [3.05, 3.63) is 53.3 Å². The molecule has 0 heterocycles. The highest BCUT2D eigenvalue weighted by Gasteiger charge is 2.10. The van der Waals surface area contributed by atoms with Crippen LogP contribution >= 0.6 is 0 Å². The van der Waals surface area contributed by atoms with Crippen molar-refractivity contribution in [1.82, 2.24) is 10.2 Å². The van der Waals surface area contributed by atoms with Gasteiger partial charge >= 0.3 is 0 Å². The highest BCUT2D eigenvalue weighted by molar-refractivity contribution is 5.79. The fourth-order valence-electron chi connectivity index (χ4n) is 2.73. The first kappa shape index (κ1) is 20.4. The minimum absolute atomic E-state index is 0.202. The summed E-state index contributed by atoms with van der Waals surface area (Å²) >= 11 is 0. The predicted molar refractivity (Wildman–Crippen MR) is 104 cm³/mol. The second kappa shape index (κ2) is 9.66. The molecule has 0 spiro atoms. The number of aliphatic imine (C=N–C) groups is 1. The van der Waals surface area contributed by atoms with Crippen molar-refractivity contribution in [2.24, 2.45) is 4.99 Å². The molecule has 0 aliphatic heterocycles. The van der Waals surface area contributed by atoms with E-state index in [2.05, 4.69) is 10.3 Å². The number of hydrogen-bond donors (Lipinski definition) is 2. The molecule has 2 N–H and O–H groups in total. The van der Waals surface area contributed by atoms with E-state index in [4.69, 9.17) is 9.47 Å². The number of guanidine groups is 1. The molecule has 0 saturated carbocycles. The van der Waals surface area contributed by atoms with Gasteiger partial charge in [-0.25, -0.2) is 4.39 Å². The van der Waals surface area contributed by atoms with Crippen LogP contribution in [-0.2, 0) is 13.0 Å². The number of aromatic hydroxyl groups is 1. The van der Waals surface area contributed by atoms with Crippen molar-refractivity contribution < 1.29 is 19.0 Å². The number of methoxy groups -OCH3 is 2. The molecule has 0 aromatic heterocycles. The van der Waals surface area contributed by atoms with E-state index < -0.39 is 0 Å². The molecule has 2 aromatic rings. The molecule has 0 radical (unpaired) electrons. The van der Waals surface area contributed by atoms with Gasteiger partial charge in [-0.3, -0.25) is 4.99 Å². The maximum Gasteiger partial charge on any atom is 0.193 e. The van der Waals surface area contributed by atoms with Gasteiger partial charge in [-0.1, -0.05) is 12.1 Å². The summed E-state index contributed by atoms with van der Waals surface area (Å²) in [6, 6.07) is 10.1. The third-order valence-electron chi connectivity index (χ3n) is 4.18. The van der Waals surface area contributed by atoms with E-state index in [1.54, 1.807) is 26.3 Å². The van der Waals surface area contributed by atoms with Crippen molar-refractivity contribution in [2.75, 3.05) is 34.9 Å². The summed E-state index contributed by atoms with van der Waals surface area (Å²) in [4.78, 5) is 6.15. The van der Waals surface area contributed by atoms with Gasteiger partial charge in [0.05, 0.1) is 14.2 Å². The van der Waals surface area contributed by atoms with Gasteiger partial charge in [0.1, 0.15) is 11.5 Å². The number of rotatable bonds is 7. The lowest BCUT2D eigenvalue weighted by atomic mass is 10.1. The number of ether oxygens (including phenoxy) is 2. The average Bonchev–Trinajstić information content (AvgIpc) is 2.66. The SMILES string of the molecule is CN=C(NCCc1ccc(OC)cc1O)N(C)Cc1ccc(OC)c(F)c1. The van der Waals surface area contributed by atoms with E-state index in [-0.39, 0.29) is 17.3 Å². The van der Waals surface area contributed by atoms with Crippen LogP contribution in [0.3, 0.4) is 0 Å². The molecule has 2 aromatic carbocycles. The zero-order valence-electron chi connectivity index (χ0n) is 16.1. The largest absolute Gasteiger partial charge is 0.508 e. The quantitative estimate of drug-likeness (QED) is 0.575. The third kappa shape index (κ3) is 5.51. The Bertz CT molecular complexity index is 796. The van der Waals surface area contributed by atoms with E-state index in [9.17, 15) is 9.50 Å². The van der Waals surface area contributed by atoms with Gasteiger partial charge in [-0.2, -0.15) is 0 Å². The second-order valence-corrected chi connectivity index (χ2v) is 6.04. The number of phenolic OH excluding ortho intramolecular Hbond substituents is 1. The van der Waals surface area contributed by atoms with Gasteiger partial charge < -0.3 is 24.8 Å². The molecule has 146 valence electrons. The molecule has 7 heteroatoms. The molecule has 0 atom stereocenters. The molecule has 0 aliphatic carbocycles. The van der Waals surface area contributed by atoms with E-state index in [0.29, 0.717) is 31.2 Å². The Balaban J connectivity index is 1.92. The Hall–Kier alpha value is -2.96. The third-order valence-corrected chi connectivity index (χ3v) is 4.18. The Kier molecular flexibility index (Phi) is 7.28. The van der Waals surface area contributed by atoms with Crippen molar-refractivity contribution in [2.45, 2.75) is 13.0 Å². The van der Waals surface area contributed by atoms with Crippen molar-refractivity contribution >= 4 is 5.96 Å². The lowest BCUT2D eigenvalue weighted by molar-refractivity contribution is 0.385. The van der Waals surface area contributed by atoms with Crippen LogP contribution in [0.15, 0.2) is 41.4 Å². The molecule has 0 saturated heterocycles. The molecule has 0 amide bonds. The van der Waals surface area contributed by atoms with Gasteiger partial charge in [-0.05, 0) is 35.7 Å². The highest BCUT2D eigenvalue weighted by atomic mass is 19.1. The van der Waals surface area contributed by atoms with Crippen molar-refractivity contribution in [1.29, 1.82) is 0 Å². The summed E-state index contributed by atoms with van der Waals surface area (Å²) in [6.45, 7) is 1.09. The highest BCUT2D eigenvalue weighted by Crippen LogP contribution is 2.23. The van der Waals surface area contributed by atoms with Crippen LogP contribution in [0.5, 0.6) is 17.2 Å². The normalized spacial score (nSPS) is 11.2. The standard InChI is InChI=1S/C20H26FN3O3/c1-22-20(23-10-9-15-6-7-16(26-3)12-18(15)25)24(2)13-14-5-8-19(27-4)17(21)11-14/h5-8,11-12,25H,9-10,13H2,1-4H3,(H,22,23). The van der Waals surface area contributed by atoms with Gasteiger partial charge in [0, 0.05) is 33.3 Å². The van der Waals surface area contributed by atoms with Crippen LogP contribution in [-0.4, -0.2) is 50.8 Å². The summed E-state index contributed by atoms with van der Waals surface area (Å²) in [5.74, 6) is 1.34. The Morgan fingerprint density at radius 3 is 2.56 bits per heavy atom. The van der Waals surface area contributed by atoms with Crippen LogP contribution in [0.4, 0.5) is 4.39 Å². The van der Waals surface area contributed by atoms with E-state index in [1.165, 1.54) is 13.2 Å². The Morgan fingerprint density at radius 2 is 1.96 bits per heavy atom. The summed E-state index contributed by atoms with van der Waals surface area (Å²) in [5.41, 5.74) is 1.63. The van der Waals surface area contributed by atoms with E-state index in [1.807, 2.05) is 30.1 Å². The zero-order chi connectivity index (χ0) is 19.8. The number of halogens is 1. The minimum atomic E-state index is -0.388. The first-order valence-electron chi connectivity index (χ1n) is 8.58. The number of nitrogens with one attached hydrogen (secondary N) is 1. The number of phenols is 1. The lowest BCUT2D eigenvalue weighted by Crippen LogP contribution is -2.39. The minimum Gasteiger partial charge on any atom is -0.508 e. The second-order valence-electron chi connectivity index (χ2n) is 6.04. The molecule has 6 nitrogen and oxygen atoms in total. The molecule has 0 fully saturated rings. The van der Waals surface area contributed by atoms with Gasteiger partial charge in [0.15, 0.2) is 17.5 Å². The summed E-state index contributed by atoms with van der Waals surface area (Å²) < 4.78 is 23.9. The molecular formula is C20H26FN3O3. The van der Waals surface area contributed by atoms with Gasteiger partial charge in [0.25, 0.3) is 0 Å². The van der Waals surface area contributed by atoms with Crippen molar-refractivity contribution in [3.8, 4) is 17.2 Å². The fourth-order valence-corrected chi connectivity index (χ4v) is 2.73. The number of hydrogen-bond acceptors (Lipinski definition) is 4. The molecular weight excluding hydrogens is 349 g/mol. The molecule has 2 rings (SSSR count). The molecule has 0 aliphatic rings. The molecule has 0 bridgehead atoms. The predicted octanol–water partition coefficient (Wildman–Crippen LogP) is 2.80. The summed E-state index contributed by atoms with van der Waals surface area (Å²) in [7, 11) is 6.57. The van der Waals surface area contributed by atoms with E-state index in [0.717, 1.165) is 11.1 Å². The Morgan fingerprint density at radius 1 is 1.19 bits per heavy atom. The number of nitrogens with zero attached hydrogens (tertiary/aromatic N) is 2.